The highest BCUT2D eigenvalue weighted by atomic mass is 16.3. The van der Waals surface area contributed by atoms with Gasteiger partial charge in [0.2, 0.25) is 0 Å². The van der Waals surface area contributed by atoms with Crippen LogP contribution in [-0.4, -0.2) is 54.3 Å². The first-order valence-electron chi connectivity index (χ1n) is 7.59. The molecule has 0 radical (unpaired) electrons. The number of aliphatic hydroxyl groups is 1. The van der Waals surface area contributed by atoms with Gasteiger partial charge in [0, 0.05) is 37.7 Å². The molecule has 1 aliphatic heterocycles. The molecular formula is C16H27N3O. The molecule has 1 saturated heterocycles. The largest absolute Gasteiger partial charge is 0.392 e. The van der Waals surface area contributed by atoms with Crippen molar-refractivity contribution in [3.8, 4) is 0 Å². The molecule has 2 rings (SSSR count). The highest BCUT2D eigenvalue weighted by Gasteiger charge is 2.21. The third kappa shape index (κ3) is 4.46. The lowest BCUT2D eigenvalue weighted by atomic mass is 9.96. The molecule has 1 aromatic heterocycles. The lowest BCUT2D eigenvalue weighted by Crippen LogP contribution is -2.40. The zero-order valence-corrected chi connectivity index (χ0v) is 12.9. The average molecular weight is 277 g/mol. The fourth-order valence-corrected chi connectivity index (χ4v) is 2.99. The molecule has 1 N–H and O–H groups in total. The average Bonchev–Trinajstić information content (AvgIpc) is 2.40. The quantitative estimate of drug-likeness (QED) is 0.892. The molecule has 1 atom stereocenters. The van der Waals surface area contributed by atoms with Crippen molar-refractivity contribution in [2.45, 2.75) is 32.8 Å². The maximum absolute atomic E-state index is 9.43. The molecule has 112 valence electrons. The summed E-state index contributed by atoms with van der Waals surface area (Å²) in [6.07, 6.45) is 4.11. The van der Waals surface area contributed by atoms with E-state index >= 15 is 0 Å². The van der Waals surface area contributed by atoms with Crippen LogP contribution in [0.15, 0.2) is 18.3 Å². The molecule has 0 bridgehead atoms. The van der Waals surface area contributed by atoms with Crippen molar-refractivity contribution in [3.05, 3.63) is 24.0 Å². The van der Waals surface area contributed by atoms with Crippen LogP contribution in [0.25, 0.3) is 0 Å². The molecule has 1 aliphatic rings. The highest BCUT2D eigenvalue weighted by Crippen LogP contribution is 2.21. The Balaban J connectivity index is 1.80. The molecule has 1 aromatic rings. The van der Waals surface area contributed by atoms with Gasteiger partial charge in [0.1, 0.15) is 0 Å². The second kappa shape index (κ2) is 7.04. The van der Waals surface area contributed by atoms with Crippen LogP contribution in [0.5, 0.6) is 0 Å². The van der Waals surface area contributed by atoms with Crippen molar-refractivity contribution < 1.29 is 5.11 Å². The molecule has 1 fully saturated rings. The van der Waals surface area contributed by atoms with Gasteiger partial charge in [-0.1, -0.05) is 0 Å². The molecule has 4 nitrogen and oxygen atoms in total. The van der Waals surface area contributed by atoms with E-state index in [0.29, 0.717) is 0 Å². The number of pyridine rings is 1. The zero-order chi connectivity index (χ0) is 14.5. The number of hydrogen-bond donors (Lipinski definition) is 1. The number of aryl methyl sites for hydroxylation is 1. The van der Waals surface area contributed by atoms with Crippen molar-refractivity contribution in [2.24, 2.45) is 5.92 Å². The van der Waals surface area contributed by atoms with Gasteiger partial charge in [0.05, 0.1) is 6.10 Å². The molecule has 20 heavy (non-hydrogen) atoms. The van der Waals surface area contributed by atoms with Crippen LogP contribution in [0, 0.1) is 12.8 Å². The Hall–Kier alpha value is -1.13. The van der Waals surface area contributed by atoms with Gasteiger partial charge in [-0.15, -0.1) is 0 Å². The van der Waals surface area contributed by atoms with Gasteiger partial charge in [-0.3, -0.25) is 4.98 Å². The van der Waals surface area contributed by atoms with Crippen LogP contribution in [0.4, 0.5) is 5.69 Å². The number of nitrogens with zero attached hydrogens (tertiary/aromatic N) is 3. The smallest absolute Gasteiger partial charge is 0.0639 e. The van der Waals surface area contributed by atoms with Gasteiger partial charge in [0.15, 0.2) is 0 Å². The molecule has 0 aromatic carbocycles. The summed E-state index contributed by atoms with van der Waals surface area (Å²) in [5.74, 6) is 0.749. The minimum Gasteiger partial charge on any atom is -0.392 e. The van der Waals surface area contributed by atoms with Crippen LogP contribution in [0.2, 0.25) is 0 Å². The van der Waals surface area contributed by atoms with Crippen molar-refractivity contribution >= 4 is 5.69 Å². The fourth-order valence-electron chi connectivity index (χ4n) is 2.99. The van der Waals surface area contributed by atoms with Gasteiger partial charge < -0.3 is 14.9 Å². The number of piperidine rings is 1. The molecule has 0 spiro atoms. The first-order valence-corrected chi connectivity index (χ1v) is 7.59. The molecular weight excluding hydrogens is 250 g/mol. The molecule has 0 saturated carbocycles. The van der Waals surface area contributed by atoms with E-state index in [4.69, 9.17) is 0 Å². The van der Waals surface area contributed by atoms with E-state index in [1.54, 1.807) is 0 Å². The number of anilines is 1. The summed E-state index contributed by atoms with van der Waals surface area (Å²) in [7, 11) is 2.16. The number of β-amino-alcohol motifs (C(OH)–C–C–N with tert-alkyl or cyclic N) is 1. The molecule has 1 unspecified atom stereocenters. The Bertz CT molecular complexity index is 414. The predicted molar refractivity (Wildman–Crippen MR) is 83.1 cm³/mol. The van der Waals surface area contributed by atoms with Crippen LogP contribution in [0.3, 0.4) is 0 Å². The number of hydrogen-bond acceptors (Lipinski definition) is 4. The predicted octanol–water partition coefficient (Wildman–Crippen LogP) is 1.92. The summed E-state index contributed by atoms with van der Waals surface area (Å²) in [6, 6.07) is 4.22. The SMILES string of the molecule is Cc1cc(N(C)CC2CCN(CC(C)O)CC2)ccn1. The normalized spacial score (nSPS) is 19.0. The van der Waals surface area contributed by atoms with E-state index in [2.05, 4.69) is 34.0 Å². The van der Waals surface area contributed by atoms with Crippen molar-refractivity contribution in [1.82, 2.24) is 9.88 Å². The van der Waals surface area contributed by atoms with E-state index in [1.807, 2.05) is 20.0 Å². The van der Waals surface area contributed by atoms with Gasteiger partial charge >= 0.3 is 0 Å². The Kier molecular flexibility index (Phi) is 5.38. The Morgan fingerprint density at radius 3 is 2.75 bits per heavy atom. The summed E-state index contributed by atoms with van der Waals surface area (Å²) in [5, 5.41) is 9.43. The summed E-state index contributed by atoms with van der Waals surface area (Å²) >= 11 is 0. The summed E-state index contributed by atoms with van der Waals surface area (Å²) in [4.78, 5) is 8.96. The molecule has 4 heteroatoms. The lowest BCUT2D eigenvalue weighted by molar-refractivity contribution is 0.101. The van der Waals surface area contributed by atoms with Crippen molar-refractivity contribution in [2.75, 3.05) is 38.1 Å². The first-order chi connectivity index (χ1) is 9.54. The molecule has 2 heterocycles. The molecule has 0 aliphatic carbocycles. The summed E-state index contributed by atoms with van der Waals surface area (Å²) < 4.78 is 0. The third-order valence-electron chi connectivity index (χ3n) is 4.08. The van der Waals surface area contributed by atoms with Crippen LogP contribution < -0.4 is 4.90 Å². The van der Waals surface area contributed by atoms with Gasteiger partial charge in [-0.25, -0.2) is 0 Å². The van der Waals surface area contributed by atoms with E-state index < -0.39 is 0 Å². The number of likely N-dealkylation sites (tertiary alicyclic amines) is 1. The molecule has 0 amide bonds. The van der Waals surface area contributed by atoms with Crippen LogP contribution >= 0.6 is 0 Å². The minimum atomic E-state index is -0.214. The number of rotatable bonds is 5. The van der Waals surface area contributed by atoms with E-state index in [1.165, 1.54) is 18.5 Å². The zero-order valence-electron chi connectivity index (χ0n) is 12.9. The van der Waals surface area contributed by atoms with E-state index in [0.717, 1.165) is 37.8 Å². The monoisotopic (exact) mass is 277 g/mol. The van der Waals surface area contributed by atoms with E-state index in [-0.39, 0.29) is 6.10 Å². The van der Waals surface area contributed by atoms with Crippen LogP contribution in [-0.2, 0) is 0 Å². The van der Waals surface area contributed by atoms with Crippen LogP contribution in [0.1, 0.15) is 25.5 Å². The van der Waals surface area contributed by atoms with Gasteiger partial charge in [0.25, 0.3) is 0 Å². The Morgan fingerprint density at radius 2 is 2.15 bits per heavy atom. The topological polar surface area (TPSA) is 39.6 Å². The van der Waals surface area contributed by atoms with Crippen molar-refractivity contribution in [1.29, 1.82) is 0 Å². The number of aromatic nitrogens is 1. The minimum absolute atomic E-state index is 0.214. The van der Waals surface area contributed by atoms with Gasteiger partial charge in [-0.2, -0.15) is 0 Å². The van der Waals surface area contributed by atoms with Crippen molar-refractivity contribution in [3.63, 3.8) is 0 Å². The maximum atomic E-state index is 9.43. The standard InChI is InChI=1S/C16H27N3O/c1-13-10-16(4-7-17-13)18(3)12-15-5-8-19(9-6-15)11-14(2)20/h4,7,10,14-15,20H,5-6,8-9,11-12H2,1-3H3. The maximum Gasteiger partial charge on any atom is 0.0639 e. The highest BCUT2D eigenvalue weighted by molar-refractivity contribution is 5.45. The Labute approximate surface area is 122 Å². The summed E-state index contributed by atoms with van der Waals surface area (Å²) in [5.41, 5.74) is 2.32. The summed E-state index contributed by atoms with van der Waals surface area (Å²) in [6.45, 7) is 8.03. The Morgan fingerprint density at radius 1 is 1.45 bits per heavy atom. The van der Waals surface area contributed by atoms with E-state index in [9.17, 15) is 5.11 Å². The number of aliphatic hydroxyl groups excluding tert-OH is 1. The second-order valence-electron chi connectivity index (χ2n) is 6.13. The second-order valence-corrected chi connectivity index (χ2v) is 6.13. The third-order valence-corrected chi connectivity index (χ3v) is 4.08. The fraction of sp³-hybridized carbons (Fsp3) is 0.688. The first kappa shape index (κ1) is 15.3. The lowest BCUT2D eigenvalue weighted by Gasteiger charge is -2.35. The van der Waals surface area contributed by atoms with Gasteiger partial charge in [-0.05, 0) is 57.8 Å².